The Morgan fingerprint density at radius 3 is 1.91 bits per heavy atom. The van der Waals surface area contributed by atoms with Gasteiger partial charge in [0.25, 0.3) is 10.1 Å². The van der Waals surface area contributed by atoms with Crippen molar-refractivity contribution in [3.63, 3.8) is 0 Å². The zero-order valence-electron chi connectivity index (χ0n) is 13.1. The van der Waals surface area contributed by atoms with Crippen LogP contribution in [0.25, 0.3) is 0 Å². The van der Waals surface area contributed by atoms with Gasteiger partial charge in [-0.05, 0) is 43.3 Å². The lowest BCUT2D eigenvalue weighted by atomic mass is 10.1. The molecule has 0 saturated carbocycles. The highest BCUT2D eigenvalue weighted by Crippen LogP contribution is 2.11. The van der Waals surface area contributed by atoms with E-state index in [2.05, 4.69) is 16.0 Å². The molecule has 0 aliphatic rings. The molecule has 2 aromatic carbocycles. The lowest BCUT2D eigenvalue weighted by Gasteiger charge is -2.05. The van der Waals surface area contributed by atoms with Crippen molar-refractivity contribution in [1.82, 2.24) is 0 Å². The Hall–Kier alpha value is -2.29. The van der Waals surface area contributed by atoms with Gasteiger partial charge in [0.1, 0.15) is 19.0 Å². The fourth-order valence-corrected chi connectivity index (χ4v) is 2.13. The molecule has 120 valence electrons. The predicted molar refractivity (Wildman–Crippen MR) is 89.9 cm³/mol. The SMILES string of the molecule is Cc1ccc(C#Cc2ccc(OCCOS(C)(=O)=O)cc2)cc1. The lowest BCUT2D eigenvalue weighted by Crippen LogP contribution is -2.11. The maximum absolute atomic E-state index is 10.8. The Kier molecular flexibility index (Phi) is 5.80. The van der Waals surface area contributed by atoms with Crippen LogP contribution in [-0.2, 0) is 14.3 Å². The molecule has 4 nitrogen and oxygen atoms in total. The van der Waals surface area contributed by atoms with Crippen LogP contribution in [0.2, 0.25) is 0 Å². The van der Waals surface area contributed by atoms with E-state index in [4.69, 9.17) is 4.74 Å². The topological polar surface area (TPSA) is 52.6 Å². The Morgan fingerprint density at radius 1 is 0.870 bits per heavy atom. The second-order valence-corrected chi connectivity index (χ2v) is 6.66. The van der Waals surface area contributed by atoms with E-state index in [0.717, 1.165) is 17.4 Å². The monoisotopic (exact) mass is 330 g/mol. The molecular weight excluding hydrogens is 312 g/mol. The summed E-state index contributed by atoms with van der Waals surface area (Å²) in [5, 5.41) is 0. The molecule has 5 heteroatoms. The van der Waals surface area contributed by atoms with Gasteiger partial charge in [-0.25, -0.2) is 0 Å². The van der Waals surface area contributed by atoms with Gasteiger partial charge in [0, 0.05) is 11.1 Å². The summed E-state index contributed by atoms with van der Waals surface area (Å²) in [5.74, 6) is 6.83. The molecule has 0 aliphatic heterocycles. The molecule has 0 radical (unpaired) electrons. The van der Waals surface area contributed by atoms with E-state index >= 15 is 0 Å². The lowest BCUT2D eigenvalue weighted by molar-refractivity contribution is 0.222. The zero-order valence-corrected chi connectivity index (χ0v) is 13.9. The molecule has 0 bridgehead atoms. The molecule has 23 heavy (non-hydrogen) atoms. The third kappa shape index (κ3) is 6.55. The third-order valence-electron chi connectivity index (χ3n) is 2.91. The summed E-state index contributed by atoms with van der Waals surface area (Å²) < 4.78 is 31.6. The number of rotatable bonds is 5. The van der Waals surface area contributed by atoms with Crippen LogP contribution in [0.15, 0.2) is 48.5 Å². The van der Waals surface area contributed by atoms with Crippen LogP contribution in [0.5, 0.6) is 5.75 Å². The zero-order chi connectivity index (χ0) is 16.7. The van der Waals surface area contributed by atoms with Gasteiger partial charge >= 0.3 is 0 Å². The van der Waals surface area contributed by atoms with Gasteiger partial charge in [0.2, 0.25) is 0 Å². The first-order chi connectivity index (χ1) is 10.9. The summed E-state index contributed by atoms with van der Waals surface area (Å²) in [6.07, 6.45) is 1.01. The van der Waals surface area contributed by atoms with Crippen molar-refractivity contribution in [1.29, 1.82) is 0 Å². The van der Waals surface area contributed by atoms with Crippen LogP contribution in [-0.4, -0.2) is 27.9 Å². The highest BCUT2D eigenvalue weighted by Gasteiger charge is 2.01. The van der Waals surface area contributed by atoms with Crippen LogP contribution >= 0.6 is 0 Å². The molecule has 0 fully saturated rings. The molecule has 0 saturated heterocycles. The maximum Gasteiger partial charge on any atom is 0.264 e. The summed E-state index contributed by atoms with van der Waals surface area (Å²) in [4.78, 5) is 0. The van der Waals surface area contributed by atoms with Crippen molar-refractivity contribution in [3.8, 4) is 17.6 Å². The molecule has 0 heterocycles. The molecule has 0 aromatic heterocycles. The summed E-state index contributed by atoms with van der Waals surface area (Å²) in [5.41, 5.74) is 3.05. The van der Waals surface area contributed by atoms with Crippen molar-refractivity contribution >= 4 is 10.1 Å². The summed E-state index contributed by atoms with van der Waals surface area (Å²) in [7, 11) is -3.42. The van der Waals surface area contributed by atoms with E-state index in [0.29, 0.717) is 5.75 Å². The predicted octanol–water partition coefficient (Wildman–Crippen LogP) is 2.75. The Morgan fingerprint density at radius 2 is 1.39 bits per heavy atom. The Bertz CT molecular complexity index is 795. The van der Waals surface area contributed by atoms with Crippen LogP contribution in [0, 0.1) is 18.8 Å². The van der Waals surface area contributed by atoms with E-state index in [-0.39, 0.29) is 13.2 Å². The molecule has 0 N–H and O–H groups in total. The smallest absolute Gasteiger partial charge is 0.264 e. The van der Waals surface area contributed by atoms with E-state index in [1.54, 1.807) is 12.1 Å². The fraction of sp³-hybridized carbons (Fsp3) is 0.222. The number of ether oxygens (including phenoxy) is 1. The summed E-state index contributed by atoms with van der Waals surface area (Å²) in [6.45, 7) is 2.20. The normalized spacial score (nSPS) is 10.7. The quantitative estimate of drug-likeness (QED) is 0.480. The van der Waals surface area contributed by atoms with Crippen LogP contribution in [0.4, 0.5) is 0 Å². The van der Waals surface area contributed by atoms with Gasteiger partial charge in [-0.1, -0.05) is 29.5 Å². The molecular formula is C18H18O4S. The molecule has 2 rings (SSSR count). The second kappa shape index (κ2) is 7.82. The van der Waals surface area contributed by atoms with Crippen LogP contribution in [0.3, 0.4) is 0 Å². The average molecular weight is 330 g/mol. The Balaban J connectivity index is 1.88. The van der Waals surface area contributed by atoms with Crippen LogP contribution in [0.1, 0.15) is 16.7 Å². The highest BCUT2D eigenvalue weighted by molar-refractivity contribution is 7.85. The molecule has 0 amide bonds. The Labute approximate surface area is 137 Å². The fourth-order valence-electron chi connectivity index (χ4n) is 1.76. The molecule has 0 spiro atoms. The van der Waals surface area contributed by atoms with E-state index < -0.39 is 10.1 Å². The number of hydrogen-bond acceptors (Lipinski definition) is 4. The number of benzene rings is 2. The molecule has 0 unspecified atom stereocenters. The van der Waals surface area contributed by atoms with Gasteiger partial charge in [0.05, 0.1) is 6.26 Å². The first-order valence-corrected chi connectivity index (χ1v) is 8.90. The molecule has 2 aromatic rings. The van der Waals surface area contributed by atoms with Gasteiger partial charge < -0.3 is 4.74 Å². The minimum atomic E-state index is -3.42. The van der Waals surface area contributed by atoms with E-state index in [9.17, 15) is 8.42 Å². The second-order valence-electron chi connectivity index (χ2n) is 5.01. The summed E-state index contributed by atoms with van der Waals surface area (Å²) in [6, 6.07) is 15.3. The van der Waals surface area contributed by atoms with Gasteiger partial charge in [-0.3, -0.25) is 4.18 Å². The summed E-state index contributed by atoms with van der Waals surface area (Å²) >= 11 is 0. The van der Waals surface area contributed by atoms with Gasteiger partial charge in [0.15, 0.2) is 0 Å². The van der Waals surface area contributed by atoms with Crippen molar-refractivity contribution < 1.29 is 17.3 Å². The number of aryl methyl sites for hydroxylation is 1. The minimum absolute atomic E-state index is 0.00614. The van der Waals surface area contributed by atoms with Gasteiger partial charge in [-0.15, -0.1) is 0 Å². The van der Waals surface area contributed by atoms with E-state index in [1.165, 1.54) is 5.56 Å². The van der Waals surface area contributed by atoms with Crippen molar-refractivity contribution in [2.75, 3.05) is 19.5 Å². The number of hydrogen-bond donors (Lipinski definition) is 0. The average Bonchev–Trinajstić information content (AvgIpc) is 2.51. The molecule has 0 aliphatic carbocycles. The first-order valence-electron chi connectivity index (χ1n) is 7.08. The van der Waals surface area contributed by atoms with Crippen molar-refractivity contribution in [2.24, 2.45) is 0 Å². The highest BCUT2D eigenvalue weighted by atomic mass is 32.2. The van der Waals surface area contributed by atoms with Gasteiger partial charge in [-0.2, -0.15) is 8.42 Å². The standard InChI is InChI=1S/C18H18O4S/c1-15-3-5-16(6-4-15)7-8-17-9-11-18(12-10-17)21-13-14-22-23(2,19)20/h3-6,9-12H,13-14H2,1-2H3. The minimum Gasteiger partial charge on any atom is -0.491 e. The van der Waals surface area contributed by atoms with Crippen molar-refractivity contribution in [2.45, 2.75) is 6.92 Å². The largest absolute Gasteiger partial charge is 0.491 e. The third-order valence-corrected chi connectivity index (χ3v) is 3.50. The first kappa shape index (κ1) is 17.1. The maximum atomic E-state index is 10.8. The van der Waals surface area contributed by atoms with Crippen LogP contribution < -0.4 is 4.74 Å². The molecule has 0 atom stereocenters. The van der Waals surface area contributed by atoms with Crippen molar-refractivity contribution in [3.05, 3.63) is 65.2 Å². The van der Waals surface area contributed by atoms with E-state index in [1.807, 2.05) is 43.3 Å².